The summed E-state index contributed by atoms with van der Waals surface area (Å²) in [5.74, 6) is -3.61. The van der Waals surface area contributed by atoms with Gasteiger partial charge in [0.2, 0.25) is 0 Å². The number of rotatable bonds is 3. The molecule has 100 valence electrons. The maximum atomic E-state index is 13.7. The van der Waals surface area contributed by atoms with Crippen molar-refractivity contribution in [2.24, 2.45) is 5.73 Å². The van der Waals surface area contributed by atoms with Crippen molar-refractivity contribution in [3.8, 4) is 0 Å². The fourth-order valence-corrected chi connectivity index (χ4v) is 2.54. The second-order valence-electron chi connectivity index (χ2n) is 4.74. The van der Waals surface area contributed by atoms with Crippen LogP contribution in [-0.2, 0) is 6.54 Å². The normalized spacial score (nSPS) is 21.1. The molecule has 0 radical (unpaired) electrons. The van der Waals surface area contributed by atoms with E-state index in [1.54, 1.807) is 0 Å². The third kappa shape index (κ3) is 1.91. The van der Waals surface area contributed by atoms with Gasteiger partial charge in [0.05, 0.1) is 0 Å². The molecule has 2 N–H and O–H groups in total. The lowest BCUT2D eigenvalue weighted by Gasteiger charge is -2.29. The van der Waals surface area contributed by atoms with Crippen LogP contribution in [0.25, 0.3) is 0 Å². The quantitative estimate of drug-likeness (QED) is 0.845. The molecule has 1 aromatic carbocycles. The summed E-state index contributed by atoms with van der Waals surface area (Å²) >= 11 is 0. The van der Waals surface area contributed by atoms with Gasteiger partial charge in [0.1, 0.15) is 0 Å². The Morgan fingerprint density at radius 3 is 2.61 bits per heavy atom. The molecule has 0 saturated heterocycles. The summed E-state index contributed by atoms with van der Waals surface area (Å²) in [7, 11) is 0. The minimum absolute atomic E-state index is 0.191. The zero-order valence-corrected chi connectivity index (χ0v) is 10.5. The van der Waals surface area contributed by atoms with Gasteiger partial charge in [-0.05, 0) is 25.0 Å². The van der Waals surface area contributed by atoms with Gasteiger partial charge in [0, 0.05) is 30.7 Å². The summed E-state index contributed by atoms with van der Waals surface area (Å²) in [6.07, 6.45) is 0.872. The Balaban J connectivity index is 2.48. The van der Waals surface area contributed by atoms with Gasteiger partial charge in [-0.3, -0.25) is 4.90 Å². The number of nitrogens with zero attached hydrogens (tertiary/aromatic N) is 1. The molecule has 0 fully saturated rings. The fraction of sp³-hybridized carbons (Fsp3) is 0.538. The molecule has 0 aromatic heterocycles. The third-order valence-electron chi connectivity index (χ3n) is 3.78. The van der Waals surface area contributed by atoms with E-state index in [0.29, 0.717) is 5.56 Å². The summed E-state index contributed by atoms with van der Waals surface area (Å²) in [6.45, 7) is 4.56. The van der Waals surface area contributed by atoms with E-state index < -0.39 is 17.5 Å². The molecule has 1 aliphatic rings. The first-order valence-electron chi connectivity index (χ1n) is 6.13. The molecule has 1 aromatic rings. The Morgan fingerprint density at radius 2 is 2.06 bits per heavy atom. The topological polar surface area (TPSA) is 29.3 Å². The minimum atomic E-state index is -1.39. The first-order chi connectivity index (χ1) is 8.51. The van der Waals surface area contributed by atoms with Gasteiger partial charge < -0.3 is 5.73 Å². The summed E-state index contributed by atoms with van der Waals surface area (Å²) in [4.78, 5) is 1.99. The van der Waals surface area contributed by atoms with E-state index in [1.165, 1.54) is 0 Å². The molecule has 18 heavy (non-hydrogen) atoms. The van der Waals surface area contributed by atoms with Crippen molar-refractivity contribution in [2.75, 3.05) is 6.54 Å². The molecular weight excluding hydrogens is 241 g/mol. The average molecular weight is 258 g/mol. The maximum absolute atomic E-state index is 13.7. The summed E-state index contributed by atoms with van der Waals surface area (Å²) in [6, 6.07) is 1.03. The van der Waals surface area contributed by atoms with Crippen LogP contribution in [0, 0.1) is 17.5 Å². The van der Waals surface area contributed by atoms with Crippen LogP contribution in [0.5, 0.6) is 0 Å². The molecule has 1 aliphatic heterocycles. The molecule has 1 heterocycles. The van der Waals surface area contributed by atoms with Crippen LogP contribution < -0.4 is 5.73 Å². The van der Waals surface area contributed by atoms with Crippen LogP contribution in [0.3, 0.4) is 0 Å². The summed E-state index contributed by atoms with van der Waals surface area (Å²) < 4.78 is 40.2. The van der Waals surface area contributed by atoms with E-state index in [1.807, 2.05) is 18.7 Å². The van der Waals surface area contributed by atoms with E-state index in [9.17, 15) is 13.2 Å². The first kappa shape index (κ1) is 13.4. The predicted octanol–water partition coefficient (Wildman–Crippen LogP) is 2.72. The second-order valence-corrected chi connectivity index (χ2v) is 4.74. The van der Waals surface area contributed by atoms with Crippen molar-refractivity contribution in [1.29, 1.82) is 0 Å². The lowest BCUT2D eigenvalue weighted by Crippen LogP contribution is -2.34. The maximum Gasteiger partial charge on any atom is 0.194 e. The van der Waals surface area contributed by atoms with Gasteiger partial charge in [-0.2, -0.15) is 0 Å². The van der Waals surface area contributed by atoms with Gasteiger partial charge in [-0.15, -0.1) is 0 Å². The van der Waals surface area contributed by atoms with Crippen LogP contribution in [0.15, 0.2) is 6.07 Å². The Hall–Kier alpha value is -1.07. The molecule has 2 unspecified atom stereocenters. The molecule has 2 atom stereocenters. The van der Waals surface area contributed by atoms with Crippen LogP contribution in [0.4, 0.5) is 13.2 Å². The molecule has 0 amide bonds. The second kappa shape index (κ2) is 4.90. The van der Waals surface area contributed by atoms with Gasteiger partial charge >= 0.3 is 0 Å². The molecular formula is C13H17F3N2. The molecule has 0 bridgehead atoms. The Kier molecular flexibility index (Phi) is 3.64. The van der Waals surface area contributed by atoms with E-state index in [4.69, 9.17) is 5.73 Å². The van der Waals surface area contributed by atoms with Crippen molar-refractivity contribution < 1.29 is 13.2 Å². The largest absolute Gasteiger partial charge is 0.329 e. The van der Waals surface area contributed by atoms with Crippen molar-refractivity contribution in [1.82, 2.24) is 4.90 Å². The molecule has 0 spiro atoms. The van der Waals surface area contributed by atoms with Crippen molar-refractivity contribution in [3.63, 3.8) is 0 Å². The van der Waals surface area contributed by atoms with Gasteiger partial charge in [-0.25, -0.2) is 13.2 Å². The fourth-order valence-electron chi connectivity index (χ4n) is 2.54. The standard InChI is InChI=1S/C13H17F3N2/c1-3-7(2)18-6-9-8(11(18)5-17)4-10(14)13(16)12(9)15/h4,7,11H,3,5-6,17H2,1-2H3. The summed E-state index contributed by atoms with van der Waals surface area (Å²) in [5.41, 5.74) is 6.41. The number of nitrogens with two attached hydrogens (primary N) is 1. The monoisotopic (exact) mass is 258 g/mol. The number of hydrogen-bond donors (Lipinski definition) is 1. The number of fused-ring (bicyclic) bond motifs is 1. The minimum Gasteiger partial charge on any atom is -0.329 e. The van der Waals surface area contributed by atoms with Crippen molar-refractivity contribution in [2.45, 2.75) is 38.9 Å². The van der Waals surface area contributed by atoms with Gasteiger partial charge in [-0.1, -0.05) is 6.92 Å². The smallest absolute Gasteiger partial charge is 0.194 e. The molecule has 2 nitrogen and oxygen atoms in total. The molecule has 2 rings (SSSR count). The SMILES string of the molecule is CCC(C)N1Cc2c(cc(F)c(F)c2F)C1CN. The Labute approximate surface area is 105 Å². The van der Waals surface area contributed by atoms with Gasteiger partial charge in [0.15, 0.2) is 17.5 Å². The Bertz CT molecular complexity index is 462. The first-order valence-corrected chi connectivity index (χ1v) is 6.13. The van der Waals surface area contributed by atoms with Crippen LogP contribution >= 0.6 is 0 Å². The zero-order chi connectivity index (χ0) is 13.4. The predicted molar refractivity (Wildman–Crippen MR) is 63.4 cm³/mol. The van der Waals surface area contributed by atoms with E-state index in [2.05, 4.69) is 0 Å². The van der Waals surface area contributed by atoms with Crippen molar-refractivity contribution >= 4 is 0 Å². The number of halogens is 3. The van der Waals surface area contributed by atoms with E-state index >= 15 is 0 Å². The Morgan fingerprint density at radius 1 is 1.39 bits per heavy atom. The number of hydrogen-bond acceptors (Lipinski definition) is 2. The molecule has 0 saturated carbocycles. The average Bonchev–Trinajstić information content (AvgIpc) is 2.73. The van der Waals surface area contributed by atoms with Gasteiger partial charge in [0.25, 0.3) is 0 Å². The molecule has 5 heteroatoms. The highest BCUT2D eigenvalue weighted by molar-refractivity contribution is 5.37. The van der Waals surface area contributed by atoms with Crippen molar-refractivity contribution in [3.05, 3.63) is 34.6 Å². The highest BCUT2D eigenvalue weighted by Gasteiger charge is 2.35. The third-order valence-corrected chi connectivity index (χ3v) is 3.78. The molecule has 0 aliphatic carbocycles. The zero-order valence-electron chi connectivity index (χ0n) is 10.5. The van der Waals surface area contributed by atoms with E-state index in [0.717, 1.165) is 12.5 Å². The lowest BCUT2D eigenvalue weighted by molar-refractivity contribution is 0.156. The highest BCUT2D eigenvalue weighted by Crippen LogP contribution is 2.37. The van der Waals surface area contributed by atoms with E-state index in [-0.39, 0.29) is 30.7 Å². The summed E-state index contributed by atoms with van der Waals surface area (Å²) in [5, 5.41) is 0. The highest BCUT2D eigenvalue weighted by atomic mass is 19.2. The lowest BCUT2D eigenvalue weighted by atomic mass is 10.0. The van der Waals surface area contributed by atoms with Crippen LogP contribution in [0.2, 0.25) is 0 Å². The number of benzene rings is 1. The van der Waals surface area contributed by atoms with Crippen LogP contribution in [0.1, 0.15) is 37.4 Å². The van der Waals surface area contributed by atoms with Crippen LogP contribution in [-0.4, -0.2) is 17.5 Å².